The lowest BCUT2D eigenvalue weighted by molar-refractivity contribution is -0.144. The van der Waals surface area contributed by atoms with E-state index in [0.29, 0.717) is 12.3 Å². The smallest absolute Gasteiger partial charge is 0.330 e. The van der Waals surface area contributed by atoms with E-state index in [4.69, 9.17) is 9.47 Å². The van der Waals surface area contributed by atoms with Crippen molar-refractivity contribution in [1.29, 1.82) is 0 Å². The van der Waals surface area contributed by atoms with Crippen LogP contribution in [0.3, 0.4) is 0 Å². The Balaban J connectivity index is 1.91. The van der Waals surface area contributed by atoms with Crippen molar-refractivity contribution in [2.75, 3.05) is 7.11 Å². The highest BCUT2D eigenvalue weighted by Gasteiger charge is 2.45. The number of nitrogens with zero attached hydrogens (tertiary/aromatic N) is 1. The second-order valence-corrected chi connectivity index (χ2v) is 6.70. The zero-order valence-electron chi connectivity index (χ0n) is 15.6. The van der Waals surface area contributed by atoms with Gasteiger partial charge in [0.2, 0.25) is 5.90 Å². The maximum absolute atomic E-state index is 12.5. The van der Waals surface area contributed by atoms with Crippen LogP contribution in [-0.4, -0.2) is 25.0 Å². The van der Waals surface area contributed by atoms with E-state index in [0.717, 1.165) is 16.7 Å². The summed E-state index contributed by atoms with van der Waals surface area (Å²) >= 11 is 0. The van der Waals surface area contributed by atoms with Crippen molar-refractivity contribution in [3.63, 3.8) is 0 Å². The summed E-state index contributed by atoms with van der Waals surface area (Å²) in [6.45, 7) is 0. The maximum atomic E-state index is 12.5. The third kappa shape index (κ3) is 3.29. The summed E-state index contributed by atoms with van der Waals surface area (Å²) in [6.07, 6.45) is 0.365. The summed E-state index contributed by atoms with van der Waals surface area (Å²) < 4.78 is 11.6. The molecule has 28 heavy (non-hydrogen) atoms. The van der Waals surface area contributed by atoms with E-state index in [1.54, 1.807) is 0 Å². The average molecular weight is 371 g/mol. The molecule has 0 bridgehead atoms. The molecule has 1 atom stereocenters. The first kappa shape index (κ1) is 18.0. The fraction of sp³-hybridized carbons (Fsp3) is 0.167. The normalized spacial score (nSPS) is 17.9. The van der Waals surface area contributed by atoms with Gasteiger partial charge < -0.3 is 9.47 Å². The molecule has 0 N–H and O–H groups in total. The third-order valence-corrected chi connectivity index (χ3v) is 5.00. The number of ether oxygens (including phenoxy) is 2. The van der Waals surface area contributed by atoms with E-state index in [1.165, 1.54) is 7.11 Å². The van der Waals surface area contributed by atoms with Gasteiger partial charge in [-0.05, 0) is 12.1 Å². The Hall–Kier alpha value is -3.40. The number of carbonyl (C=O) groups excluding carboxylic acids is 1. The van der Waals surface area contributed by atoms with E-state index in [9.17, 15) is 4.79 Å². The number of hydrogen-bond donors (Lipinski definition) is 0. The van der Waals surface area contributed by atoms with Gasteiger partial charge in [0, 0.05) is 23.1 Å². The van der Waals surface area contributed by atoms with Crippen LogP contribution >= 0.6 is 0 Å². The fourth-order valence-corrected chi connectivity index (χ4v) is 3.61. The molecule has 0 aromatic heterocycles. The van der Waals surface area contributed by atoms with Crippen LogP contribution in [0.5, 0.6) is 0 Å². The van der Waals surface area contributed by atoms with Crippen LogP contribution in [0.25, 0.3) is 0 Å². The molecule has 0 spiro atoms. The number of rotatable bonds is 4. The van der Waals surface area contributed by atoms with Crippen molar-refractivity contribution in [2.24, 2.45) is 4.99 Å². The SMILES string of the molecule is COC(=O)C1CC(c2ccccc2)(c2ccccc2)OC(c2ccccc2)=N1. The number of hydrogen-bond acceptors (Lipinski definition) is 4. The molecule has 1 aliphatic rings. The molecule has 0 radical (unpaired) electrons. The lowest BCUT2D eigenvalue weighted by atomic mass is 9.80. The van der Waals surface area contributed by atoms with Crippen molar-refractivity contribution in [2.45, 2.75) is 18.1 Å². The van der Waals surface area contributed by atoms with Crippen LogP contribution in [-0.2, 0) is 19.9 Å². The molecule has 140 valence electrons. The Morgan fingerprint density at radius 3 is 1.89 bits per heavy atom. The molecule has 4 rings (SSSR count). The number of carbonyl (C=O) groups is 1. The van der Waals surface area contributed by atoms with Crippen molar-refractivity contribution in [3.05, 3.63) is 108 Å². The Kier molecular flexibility index (Phi) is 4.94. The van der Waals surface area contributed by atoms with Gasteiger partial charge in [0.05, 0.1) is 7.11 Å². The second kappa shape index (κ2) is 7.69. The summed E-state index contributed by atoms with van der Waals surface area (Å²) in [5.74, 6) is 0.0722. The first-order valence-electron chi connectivity index (χ1n) is 9.24. The lowest BCUT2D eigenvalue weighted by Crippen LogP contribution is -2.44. The second-order valence-electron chi connectivity index (χ2n) is 6.70. The van der Waals surface area contributed by atoms with Crippen molar-refractivity contribution >= 4 is 11.9 Å². The largest absolute Gasteiger partial charge is 0.467 e. The van der Waals surface area contributed by atoms with Gasteiger partial charge in [-0.3, -0.25) is 0 Å². The predicted octanol–water partition coefficient (Wildman–Crippen LogP) is 4.34. The first-order chi connectivity index (χ1) is 13.7. The van der Waals surface area contributed by atoms with E-state index in [-0.39, 0.29) is 5.97 Å². The van der Waals surface area contributed by atoms with Crippen LogP contribution in [0.15, 0.2) is 96.0 Å². The minimum atomic E-state index is -0.839. The molecular weight excluding hydrogens is 350 g/mol. The standard InChI is InChI=1S/C24H21NO3/c1-27-23(26)21-17-24(19-13-7-3-8-14-19,20-15-9-4-10-16-20)28-22(25-21)18-11-5-2-6-12-18/h2-16,21H,17H2,1H3. The van der Waals surface area contributed by atoms with Crippen molar-refractivity contribution < 1.29 is 14.3 Å². The van der Waals surface area contributed by atoms with Gasteiger partial charge in [-0.15, -0.1) is 0 Å². The predicted molar refractivity (Wildman–Crippen MR) is 108 cm³/mol. The molecule has 3 aromatic carbocycles. The molecule has 0 amide bonds. The van der Waals surface area contributed by atoms with Crippen molar-refractivity contribution in [1.82, 2.24) is 0 Å². The summed E-state index contributed by atoms with van der Waals surface area (Å²) in [6, 6.07) is 28.9. The molecule has 1 aliphatic heterocycles. The molecule has 1 heterocycles. The molecule has 4 heteroatoms. The summed E-state index contributed by atoms with van der Waals surface area (Å²) in [5, 5.41) is 0. The number of esters is 1. The van der Waals surface area contributed by atoms with Gasteiger partial charge in [0.1, 0.15) is 0 Å². The van der Waals surface area contributed by atoms with Crippen LogP contribution < -0.4 is 0 Å². The highest BCUT2D eigenvalue weighted by atomic mass is 16.5. The number of methoxy groups -OCH3 is 1. The van der Waals surface area contributed by atoms with Gasteiger partial charge in [-0.2, -0.15) is 0 Å². The topological polar surface area (TPSA) is 47.9 Å². The highest BCUT2D eigenvalue weighted by molar-refractivity contribution is 5.97. The number of benzene rings is 3. The lowest BCUT2D eigenvalue weighted by Gasteiger charge is -2.40. The van der Waals surface area contributed by atoms with Crippen LogP contribution in [0.4, 0.5) is 0 Å². The van der Waals surface area contributed by atoms with Crippen LogP contribution in [0.2, 0.25) is 0 Å². The van der Waals surface area contributed by atoms with Crippen LogP contribution in [0, 0.1) is 0 Å². The van der Waals surface area contributed by atoms with E-state index < -0.39 is 11.6 Å². The zero-order chi connectivity index (χ0) is 19.4. The Morgan fingerprint density at radius 2 is 1.39 bits per heavy atom. The highest BCUT2D eigenvalue weighted by Crippen LogP contribution is 2.42. The molecule has 1 unspecified atom stereocenters. The monoisotopic (exact) mass is 371 g/mol. The van der Waals surface area contributed by atoms with Crippen molar-refractivity contribution in [3.8, 4) is 0 Å². The minimum absolute atomic E-state index is 0.365. The summed E-state index contributed by atoms with van der Waals surface area (Å²) in [7, 11) is 1.39. The minimum Gasteiger partial charge on any atom is -0.467 e. The molecule has 0 saturated carbocycles. The van der Waals surface area contributed by atoms with Crippen LogP contribution in [0.1, 0.15) is 23.1 Å². The molecule has 4 nitrogen and oxygen atoms in total. The molecule has 3 aromatic rings. The molecule has 0 fully saturated rings. The Labute approximate surface area is 164 Å². The Bertz CT molecular complexity index is 929. The molecule has 0 aliphatic carbocycles. The number of aliphatic imine (C=N–C) groups is 1. The zero-order valence-corrected chi connectivity index (χ0v) is 15.6. The molecular formula is C24H21NO3. The van der Waals surface area contributed by atoms with Gasteiger partial charge in [0.25, 0.3) is 0 Å². The quantitative estimate of drug-likeness (QED) is 0.641. The average Bonchev–Trinajstić information content (AvgIpc) is 2.80. The third-order valence-electron chi connectivity index (χ3n) is 5.00. The fourth-order valence-electron chi connectivity index (χ4n) is 3.61. The van der Waals surface area contributed by atoms with E-state index >= 15 is 0 Å². The Morgan fingerprint density at radius 1 is 0.893 bits per heavy atom. The summed E-state index contributed by atoms with van der Waals surface area (Å²) in [4.78, 5) is 17.1. The first-order valence-corrected chi connectivity index (χ1v) is 9.24. The van der Waals surface area contributed by atoms with E-state index in [1.807, 2.05) is 91.0 Å². The van der Waals surface area contributed by atoms with Gasteiger partial charge >= 0.3 is 5.97 Å². The van der Waals surface area contributed by atoms with Gasteiger partial charge in [-0.25, -0.2) is 9.79 Å². The summed E-state index contributed by atoms with van der Waals surface area (Å²) in [5.41, 5.74) is 1.93. The van der Waals surface area contributed by atoms with E-state index in [2.05, 4.69) is 4.99 Å². The molecule has 0 saturated heterocycles. The van der Waals surface area contributed by atoms with Gasteiger partial charge in [0.15, 0.2) is 11.6 Å². The van der Waals surface area contributed by atoms with Gasteiger partial charge in [-0.1, -0.05) is 78.9 Å². The maximum Gasteiger partial charge on any atom is 0.330 e.